The van der Waals surface area contributed by atoms with Crippen LogP contribution < -0.4 is 0 Å². The molecule has 0 saturated carbocycles. The Hall–Kier alpha value is -0.510. The summed E-state index contributed by atoms with van der Waals surface area (Å²) in [5.74, 6) is 0.206. The Kier molecular flexibility index (Phi) is 3.59. The molecule has 1 fully saturated rings. The molecule has 0 N–H and O–H groups in total. The van der Waals surface area contributed by atoms with E-state index in [9.17, 15) is 9.30 Å². The van der Waals surface area contributed by atoms with Crippen molar-refractivity contribution in [3.8, 4) is 0 Å². The molecule has 1 heterocycles. The van der Waals surface area contributed by atoms with Crippen LogP contribution in [-0.4, -0.2) is 24.4 Å². The Labute approximate surface area is 84.0 Å². The summed E-state index contributed by atoms with van der Waals surface area (Å²) in [6.45, 7) is 7.61. The van der Waals surface area contributed by atoms with Crippen LogP contribution >= 0.6 is 0 Å². The van der Waals surface area contributed by atoms with Crippen molar-refractivity contribution in [3.05, 3.63) is 4.91 Å². The quantitative estimate of drug-likeness (QED) is 0.661. The van der Waals surface area contributed by atoms with Gasteiger partial charge in [0.15, 0.2) is 12.2 Å². The van der Waals surface area contributed by atoms with Crippen LogP contribution in [0.5, 0.6) is 0 Å². The lowest BCUT2D eigenvalue weighted by atomic mass is 9.95. The number of nitroso groups, excluding NO2 is 1. The van der Waals surface area contributed by atoms with Crippen molar-refractivity contribution < 1.29 is 9.13 Å². The maximum Gasteiger partial charge on any atom is 0.155 e. The number of rotatable bonds is 3. The second-order valence-corrected chi connectivity index (χ2v) is 4.59. The molecule has 4 unspecified atom stereocenters. The summed E-state index contributed by atoms with van der Waals surface area (Å²) in [7, 11) is 0. The van der Waals surface area contributed by atoms with Crippen molar-refractivity contribution in [1.29, 1.82) is 0 Å². The van der Waals surface area contributed by atoms with Crippen molar-refractivity contribution in [2.24, 2.45) is 17.0 Å². The molecule has 0 spiro atoms. The third-order valence-electron chi connectivity index (χ3n) is 2.73. The second kappa shape index (κ2) is 4.34. The number of halogens is 1. The Balaban J connectivity index is 2.78. The molecule has 0 aromatic heterocycles. The average Bonchev–Trinajstić information content (AvgIpc) is 2.42. The van der Waals surface area contributed by atoms with E-state index in [1.54, 1.807) is 0 Å². The molecule has 1 aliphatic rings. The van der Waals surface area contributed by atoms with E-state index in [0.717, 1.165) is 0 Å². The van der Waals surface area contributed by atoms with Gasteiger partial charge < -0.3 is 4.74 Å². The maximum atomic E-state index is 13.7. The van der Waals surface area contributed by atoms with Gasteiger partial charge >= 0.3 is 0 Å². The summed E-state index contributed by atoms with van der Waals surface area (Å²) in [5.41, 5.74) is 0. The Morgan fingerprint density at radius 2 is 1.64 bits per heavy atom. The van der Waals surface area contributed by atoms with Crippen LogP contribution in [-0.2, 0) is 4.74 Å². The largest absolute Gasteiger partial charge is 0.369 e. The highest BCUT2D eigenvalue weighted by Crippen LogP contribution is 2.34. The van der Waals surface area contributed by atoms with Crippen LogP contribution in [0, 0.1) is 16.7 Å². The fourth-order valence-electron chi connectivity index (χ4n) is 1.91. The monoisotopic (exact) mass is 203 g/mol. The highest BCUT2D eigenvalue weighted by atomic mass is 19.1. The first-order valence-corrected chi connectivity index (χ1v) is 5.11. The minimum atomic E-state index is -1.25. The third-order valence-corrected chi connectivity index (χ3v) is 2.73. The molecule has 0 aromatic carbocycles. The van der Waals surface area contributed by atoms with E-state index >= 15 is 0 Å². The average molecular weight is 203 g/mol. The van der Waals surface area contributed by atoms with E-state index in [4.69, 9.17) is 4.74 Å². The van der Waals surface area contributed by atoms with Crippen LogP contribution in [0.3, 0.4) is 0 Å². The van der Waals surface area contributed by atoms with E-state index in [-0.39, 0.29) is 17.9 Å². The van der Waals surface area contributed by atoms with Crippen molar-refractivity contribution in [3.63, 3.8) is 0 Å². The predicted molar refractivity (Wildman–Crippen MR) is 52.8 cm³/mol. The second-order valence-electron chi connectivity index (χ2n) is 4.59. The minimum absolute atomic E-state index is 0.0815. The summed E-state index contributed by atoms with van der Waals surface area (Å²) in [5, 5.41) is 2.85. The molecule has 1 saturated heterocycles. The lowest BCUT2D eigenvalue weighted by Gasteiger charge is -2.18. The Morgan fingerprint density at radius 3 is 1.93 bits per heavy atom. The van der Waals surface area contributed by atoms with E-state index in [0.29, 0.717) is 0 Å². The van der Waals surface area contributed by atoms with Crippen molar-refractivity contribution >= 4 is 0 Å². The van der Waals surface area contributed by atoms with Crippen LogP contribution in [0.15, 0.2) is 5.18 Å². The summed E-state index contributed by atoms with van der Waals surface area (Å²) in [4.78, 5) is 10.5. The van der Waals surface area contributed by atoms with Gasteiger partial charge in [0.2, 0.25) is 0 Å². The van der Waals surface area contributed by atoms with Gasteiger partial charge in [-0.2, -0.15) is 4.91 Å². The van der Waals surface area contributed by atoms with E-state index in [2.05, 4.69) is 5.18 Å². The molecule has 0 amide bonds. The fourth-order valence-corrected chi connectivity index (χ4v) is 1.91. The Bertz CT molecular complexity index is 208. The van der Waals surface area contributed by atoms with Gasteiger partial charge in [-0.3, -0.25) is 0 Å². The van der Waals surface area contributed by atoms with Gasteiger partial charge in [0, 0.05) is 0 Å². The van der Waals surface area contributed by atoms with Crippen LogP contribution in [0.1, 0.15) is 27.7 Å². The van der Waals surface area contributed by atoms with Crippen molar-refractivity contribution in [1.82, 2.24) is 0 Å². The number of hydrogen-bond donors (Lipinski definition) is 0. The van der Waals surface area contributed by atoms with Crippen LogP contribution in [0.4, 0.5) is 4.39 Å². The summed E-state index contributed by atoms with van der Waals surface area (Å²) in [6, 6.07) is -0.831. The lowest BCUT2D eigenvalue weighted by Crippen LogP contribution is -2.31. The zero-order valence-corrected chi connectivity index (χ0v) is 9.11. The highest BCUT2D eigenvalue weighted by molar-refractivity contribution is 4.97. The molecular formula is C10H18FNO2. The molecule has 1 aliphatic heterocycles. The number of alkyl halides is 1. The minimum Gasteiger partial charge on any atom is -0.369 e. The predicted octanol–water partition coefficient (Wildman–Crippen LogP) is 2.54. The van der Waals surface area contributed by atoms with Crippen molar-refractivity contribution in [2.45, 2.75) is 52.1 Å². The van der Waals surface area contributed by atoms with Crippen LogP contribution in [0.25, 0.3) is 0 Å². The smallest absolute Gasteiger partial charge is 0.155 e. The molecule has 0 bridgehead atoms. The molecule has 14 heavy (non-hydrogen) atoms. The Morgan fingerprint density at radius 1 is 1.14 bits per heavy atom. The normalized spacial score (nSPS) is 38.2. The van der Waals surface area contributed by atoms with Gasteiger partial charge in [0.25, 0.3) is 0 Å². The third kappa shape index (κ3) is 1.95. The van der Waals surface area contributed by atoms with Gasteiger partial charge in [0.1, 0.15) is 0 Å². The van der Waals surface area contributed by atoms with Gasteiger partial charge in [-0.15, -0.1) is 0 Å². The topological polar surface area (TPSA) is 38.7 Å². The van der Waals surface area contributed by atoms with E-state index in [1.165, 1.54) is 0 Å². The standard InChI is InChI=1S/C10H18FNO2/c1-5(2)9-7(11)8(12-13)10(14-9)6(3)4/h5-10H,1-4H3. The van der Waals surface area contributed by atoms with Gasteiger partial charge in [0.05, 0.1) is 12.2 Å². The maximum absolute atomic E-state index is 13.7. The molecule has 1 rings (SSSR count). The summed E-state index contributed by atoms with van der Waals surface area (Å²) in [6.07, 6.45) is -2.10. The molecule has 3 nitrogen and oxygen atoms in total. The SMILES string of the molecule is CC(C)C1OC(C(C)C)C(N=O)C1F. The summed E-state index contributed by atoms with van der Waals surface area (Å²) >= 11 is 0. The highest BCUT2D eigenvalue weighted by Gasteiger charge is 2.48. The molecular weight excluding hydrogens is 185 g/mol. The summed E-state index contributed by atoms with van der Waals surface area (Å²) < 4.78 is 19.2. The van der Waals surface area contributed by atoms with Crippen LogP contribution in [0.2, 0.25) is 0 Å². The van der Waals surface area contributed by atoms with Gasteiger partial charge in [-0.05, 0) is 11.8 Å². The molecule has 82 valence electrons. The number of hydrogen-bond acceptors (Lipinski definition) is 3. The zero-order valence-electron chi connectivity index (χ0n) is 9.11. The first kappa shape index (κ1) is 11.6. The molecule has 0 aliphatic carbocycles. The zero-order chi connectivity index (χ0) is 10.9. The van der Waals surface area contributed by atoms with Crippen molar-refractivity contribution in [2.75, 3.05) is 0 Å². The first-order valence-electron chi connectivity index (χ1n) is 5.11. The van der Waals surface area contributed by atoms with E-state index < -0.39 is 18.3 Å². The first-order chi connectivity index (χ1) is 6.49. The van der Waals surface area contributed by atoms with E-state index in [1.807, 2.05) is 27.7 Å². The van der Waals surface area contributed by atoms with Gasteiger partial charge in [-0.1, -0.05) is 32.9 Å². The lowest BCUT2D eigenvalue weighted by molar-refractivity contribution is -0.0172. The number of ether oxygens (including phenoxy) is 1. The molecule has 4 heteroatoms. The molecule has 4 atom stereocenters. The number of nitrogens with zero attached hydrogens (tertiary/aromatic N) is 1. The van der Waals surface area contributed by atoms with Gasteiger partial charge in [-0.25, -0.2) is 4.39 Å². The molecule has 0 aromatic rings. The molecule has 0 radical (unpaired) electrons. The fraction of sp³-hybridized carbons (Fsp3) is 1.00.